The fourth-order valence-corrected chi connectivity index (χ4v) is 4.09. The van der Waals surface area contributed by atoms with E-state index in [2.05, 4.69) is 34.3 Å². The lowest BCUT2D eigenvalue weighted by Gasteiger charge is -2.18. The highest BCUT2D eigenvalue weighted by atomic mass is 32.2. The lowest BCUT2D eigenvalue weighted by atomic mass is 10.1. The molecule has 0 spiro atoms. The highest BCUT2D eigenvalue weighted by molar-refractivity contribution is 7.98. The molecule has 1 amide bonds. The maximum Gasteiger partial charge on any atom is 0.255 e. The van der Waals surface area contributed by atoms with E-state index in [1.54, 1.807) is 18.0 Å². The van der Waals surface area contributed by atoms with Gasteiger partial charge >= 0.3 is 0 Å². The van der Waals surface area contributed by atoms with E-state index in [9.17, 15) is 4.79 Å². The van der Waals surface area contributed by atoms with Crippen LogP contribution < -0.4 is 10.2 Å². The standard InChI is InChI=1S/C22H24N4OS/c1-16-10-12-25(15-16)19-8-6-18(7-9-19)24-21(27)17-4-3-5-20(14-17)26-13-11-23-22(26)28-2/h3-9,11,13-14,16H,10,12,15H2,1-2H3,(H,24,27). The van der Waals surface area contributed by atoms with Gasteiger partial charge in [-0.1, -0.05) is 24.8 Å². The van der Waals surface area contributed by atoms with Crippen molar-refractivity contribution in [1.29, 1.82) is 0 Å². The average molecular weight is 393 g/mol. The topological polar surface area (TPSA) is 50.2 Å². The van der Waals surface area contributed by atoms with Crippen LogP contribution in [0.5, 0.6) is 0 Å². The average Bonchev–Trinajstić information content (AvgIpc) is 3.37. The van der Waals surface area contributed by atoms with Gasteiger partial charge in [-0.3, -0.25) is 9.36 Å². The molecule has 1 N–H and O–H groups in total. The maximum absolute atomic E-state index is 12.7. The van der Waals surface area contributed by atoms with Crippen molar-refractivity contribution < 1.29 is 4.79 Å². The van der Waals surface area contributed by atoms with Crippen LogP contribution in [0.15, 0.2) is 66.1 Å². The summed E-state index contributed by atoms with van der Waals surface area (Å²) in [6.07, 6.45) is 6.90. The number of nitrogens with one attached hydrogen (secondary N) is 1. The molecule has 2 aromatic carbocycles. The molecule has 28 heavy (non-hydrogen) atoms. The summed E-state index contributed by atoms with van der Waals surface area (Å²) in [5.41, 5.74) is 3.57. The Morgan fingerprint density at radius 1 is 1.18 bits per heavy atom. The summed E-state index contributed by atoms with van der Waals surface area (Å²) in [5.74, 6) is 0.629. The number of rotatable bonds is 5. The number of benzene rings is 2. The molecule has 1 aliphatic rings. The third-order valence-corrected chi connectivity index (χ3v) is 5.76. The second-order valence-corrected chi connectivity index (χ2v) is 7.95. The summed E-state index contributed by atoms with van der Waals surface area (Å²) in [6, 6.07) is 15.7. The summed E-state index contributed by atoms with van der Waals surface area (Å²) >= 11 is 1.57. The molecule has 5 nitrogen and oxygen atoms in total. The third-order valence-electron chi connectivity index (χ3n) is 5.09. The maximum atomic E-state index is 12.7. The summed E-state index contributed by atoms with van der Waals surface area (Å²) in [7, 11) is 0. The van der Waals surface area contributed by atoms with Crippen LogP contribution in [0.25, 0.3) is 5.69 Å². The van der Waals surface area contributed by atoms with E-state index in [1.165, 1.54) is 12.1 Å². The van der Waals surface area contributed by atoms with Crippen molar-refractivity contribution in [2.24, 2.45) is 5.92 Å². The van der Waals surface area contributed by atoms with E-state index in [4.69, 9.17) is 0 Å². The SMILES string of the molecule is CSc1nccn1-c1cccc(C(=O)Nc2ccc(N3CCC(C)C3)cc2)c1. The first-order chi connectivity index (χ1) is 13.6. The number of imidazole rings is 1. The molecule has 2 heterocycles. The molecule has 1 atom stereocenters. The molecule has 0 aliphatic carbocycles. The first-order valence-corrected chi connectivity index (χ1v) is 10.7. The zero-order chi connectivity index (χ0) is 19.5. The first kappa shape index (κ1) is 18.6. The monoisotopic (exact) mass is 392 g/mol. The number of aromatic nitrogens is 2. The highest BCUT2D eigenvalue weighted by Crippen LogP contribution is 2.25. The van der Waals surface area contributed by atoms with Crippen LogP contribution in [0.3, 0.4) is 0 Å². The van der Waals surface area contributed by atoms with Crippen LogP contribution in [0, 0.1) is 5.92 Å². The smallest absolute Gasteiger partial charge is 0.255 e. The molecule has 1 aliphatic heterocycles. The number of anilines is 2. The van der Waals surface area contributed by atoms with Gasteiger partial charge in [-0.05, 0) is 61.1 Å². The van der Waals surface area contributed by atoms with Crippen molar-refractivity contribution in [3.05, 3.63) is 66.5 Å². The number of carbonyl (C=O) groups is 1. The summed E-state index contributed by atoms with van der Waals surface area (Å²) in [4.78, 5) is 19.4. The molecule has 0 radical (unpaired) electrons. The molecule has 144 valence electrons. The van der Waals surface area contributed by atoms with Crippen molar-refractivity contribution in [2.45, 2.75) is 18.5 Å². The predicted octanol–water partition coefficient (Wildman–Crippen LogP) is 4.69. The minimum atomic E-state index is -0.116. The van der Waals surface area contributed by atoms with E-state index in [1.807, 2.05) is 53.4 Å². The van der Waals surface area contributed by atoms with E-state index in [-0.39, 0.29) is 5.91 Å². The largest absolute Gasteiger partial charge is 0.371 e. The number of carbonyl (C=O) groups excluding carboxylic acids is 1. The molecule has 0 saturated carbocycles. The zero-order valence-corrected chi connectivity index (χ0v) is 16.9. The first-order valence-electron chi connectivity index (χ1n) is 9.48. The van der Waals surface area contributed by atoms with Gasteiger partial charge in [0.25, 0.3) is 5.91 Å². The van der Waals surface area contributed by atoms with Crippen LogP contribution in [-0.2, 0) is 0 Å². The molecular weight excluding hydrogens is 368 g/mol. The van der Waals surface area contributed by atoms with Gasteiger partial charge in [-0.15, -0.1) is 0 Å². The van der Waals surface area contributed by atoms with E-state index in [0.717, 1.165) is 35.5 Å². The molecule has 1 unspecified atom stereocenters. The quantitative estimate of drug-likeness (QED) is 0.640. The lowest BCUT2D eigenvalue weighted by molar-refractivity contribution is 0.102. The van der Waals surface area contributed by atoms with E-state index >= 15 is 0 Å². The summed E-state index contributed by atoms with van der Waals surface area (Å²) in [6.45, 7) is 4.49. The summed E-state index contributed by atoms with van der Waals surface area (Å²) in [5, 5.41) is 3.89. The van der Waals surface area contributed by atoms with Crippen molar-refractivity contribution in [2.75, 3.05) is 29.6 Å². The Hall–Kier alpha value is -2.73. The van der Waals surface area contributed by atoms with Gasteiger partial charge in [0.2, 0.25) is 0 Å². The van der Waals surface area contributed by atoms with Crippen molar-refractivity contribution >= 4 is 29.0 Å². The summed E-state index contributed by atoms with van der Waals surface area (Å²) < 4.78 is 1.98. The minimum absolute atomic E-state index is 0.116. The Labute approximate surface area is 169 Å². The van der Waals surface area contributed by atoms with Crippen LogP contribution in [0.1, 0.15) is 23.7 Å². The number of amides is 1. The highest BCUT2D eigenvalue weighted by Gasteiger charge is 2.18. The van der Waals surface area contributed by atoms with Crippen LogP contribution >= 0.6 is 11.8 Å². The number of hydrogen-bond donors (Lipinski definition) is 1. The number of hydrogen-bond acceptors (Lipinski definition) is 4. The van der Waals surface area contributed by atoms with Gasteiger partial charge in [0, 0.05) is 48.1 Å². The normalized spacial score (nSPS) is 16.4. The molecule has 3 aromatic rings. The minimum Gasteiger partial charge on any atom is -0.371 e. The van der Waals surface area contributed by atoms with Crippen LogP contribution in [-0.4, -0.2) is 34.8 Å². The Balaban J connectivity index is 1.47. The van der Waals surface area contributed by atoms with E-state index in [0.29, 0.717) is 5.56 Å². The van der Waals surface area contributed by atoms with Gasteiger partial charge in [-0.2, -0.15) is 0 Å². The van der Waals surface area contributed by atoms with Crippen molar-refractivity contribution in [3.8, 4) is 5.69 Å². The van der Waals surface area contributed by atoms with Gasteiger partial charge in [0.05, 0.1) is 0 Å². The Kier molecular flexibility index (Phi) is 5.39. The van der Waals surface area contributed by atoms with Gasteiger partial charge in [0.15, 0.2) is 5.16 Å². The molecule has 6 heteroatoms. The third kappa shape index (κ3) is 3.92. The predicted molar refractivity (Wildman–Crippen MR) is 116 cm³/mol. The molecular formula is C22H24N4OS. The zero-order valence-electron chi connectivity index (χ0n) is 16.1. The van der Waals surface area contributed by atoms with Crippen LogP contribution in [0.4, 0.5) is 11.4 Å². The fourth-order valence-electron chi connectivity index (χ4n) is 3.56. The molecule has 1 saturated heterocycles. The van der Waals surface area contributed by atoms with Crippen molar-refractivity contribution in [1.82, 2.24) is 9.55 Å². The molecule has 1 aromatic heterocycles. The second kappa shape index (κ2) is 8.10. The second-order valence-electron chi connectivity index (χ2n) is 7.18. The molecule has 4 rings (SSSR count). The fraction of sp³-hybridized carbons (Fsp3) is 0.273. The Morgan fingerprint density at radius 3 is 2.71 bits per heavy atom. The molecule has 0 bridgehead atoms. The number of thioether (sulfide) groups is 1. The van der Waals surface area contributed by atoms with Crippen molar-refractivity contribution in [3.63, 3.8) is 0 Å². The van der Waals surface area contributed by atoms with Gasteiger partial charge in [0.1, 0.15) is 0 Å². The Bertz CT molecular complexity index is 967. The number of nitrogens with zero attached hydrogens (tertiary/aromatic N) is 3. The van der Waals surface area contributed by atoms with Gasteiger partial charge < -0.3 is 10.2 Å². The Morgan fingerprint density at radius 2 is 2.00 bits per heavy atom. The van der Waals surface area contributed by atoms with Gasteiger partial charge in [-0.25, -0.2) is 4.98 Å². The van der Waals surface area contributed by atoms with Crippen LogP contribution in [0.2, 0.25) is 0 Å². The van der Waals surface area contributed by atoms with E-state index < -0.39 is 0 Å². The molecule has 1 fully saturated rings. The lowest BCUT2D eigenvalue weighted by Crippen LogP contribution is -2.19.